The van der Waals surface area contributed by atoms with Gasteiger partial charge in [-0.05, 0) is 25.0 Å². The molecule has 0 aliphatic carbocycles. The molecule has 0 radical (unpaired) electrons. The summed E-state index contributed by atoms with van der Waals surface area (Å²) in [5, 5.41) is 0. The molecule has 1 aliphatic heterocycles. The average Bonchev–Trinajstić information content (AvgIpc) is 2.63. The highest BCUT2D eigenvalue weighted by Crippen LogP contribution is 2.20. The van der Waals surface area contributed by atoms with Gasteiger partial charge in [0.05, 0.1) is 0 Å². The first-order chi connectivity index (χ1) is 8.68. The number of ether oxygens (including phenoxy) is 1. The second-order valence-corrected chi connectivity index (χ2v) is 4.32. The largest absolute Gasteiger partial charge is 0.415 e. The average molecular weight is 255 g/mol. The summed E-state index contributed by atoms with van der Waals surface area (Å²) in [4.78, 5) is 13.3. The van der Waals surface area contributed by atoms with E-state index in [1.54, 1.807) is 0 Å². The lowest BCUT2D eigenvalue weighted by molar-refractivity contribution is 0.151. The van der Waals surface area contributed by atoms with E-state index in [-0.39, 0.29) is 5.75 Å². The highest BCUT2D eigenvalue weighted by Gasteiger charge is 2.19. The van der Waals surface area contributed by atoms with Crippen LogP contribution in [0.1, 0.15) is 25.7 Å². The fraction of sp³-hybridized carbons (Fsp3) is 0.462. The smallest absolute Gasteiger partial charge is 0.407 e. The summed E-state index contributed by atoms with van der Waals surface area (Å²) in [5.74, 6) is -2.50. The second-order valence-electron chi connectivity index (χ2n) is 4.32. The SMILES string of the molecule is O=C(Oc1cccc(F)c1F)N1CCCCCC1. The molecule has 0 N–H and O–H groups in total. The van der Waals surface area contributed by atoms with Gasteiger partial charge in [-0.25, -0.2) is 9.18 Å². The topological polar surface area (TPSA) is 29.5 Å². The Labute approximate surface area is 104 Å². The van der Waals surface area contributed by atoms with Crippen molar-refractivity contribution >= 4 is 6.09 Å². The summed E-state index contributed by atoms with van der Waals surface area (Å²) in [6, 6.07) is 3.54. The van der Waals surface area contributed by atoms with Gasteiger partial charge in [-0.2, -0.15) is 4.39 Å². The minimum Gasteiger partial charge on any atom is -0.407 e. The molecule has 0 spiro atoms. The number of carbonyl (C=O) groups excluding carboxylic acids is 1. The van der Waals surface area contributed by atoms with Crippen LogP contribution < -0.4 is 4.74 Å². The molecule has 0 unspecified atom stereocenters. The van der Waals surface area contributed by atoms with Crippen molar-refractivity contribution in [2.75, 3.05) is 13.1 Å². The summed E-state index contributed by atoms with van der Waals surface area (Å²) >= 11 is 0. The minimum atomic E-state index is -1.12. The van der Waals surface area contributed by atoms with Crippen molar-refractivity contribution in [3.05, 3.63) is 29.8 Å². The molecule has 3 nitrogen and oxygen atoms in total. The maximum atomic E-state index is 13.3. The summed E-state index contributed by atoms with van der Waals surface area (Å²) in [6.45, 7) is 1.21. The van der Waals surface area contributed by atoms with Gasteiger partial charge in [-0.3, -0.25) is 0 Å². The summed E-state index contributed by atoms with van der Waals surface area (Å²) < 4.78 is 31.2. The normalized spacial score (nSPS) is 16.2. The monoisotopic (exact) mass is 255 g/mol. The fourth-order valence-corrected chi connectivity index (χ4v) is 1.97. The number of carbonyl (C=O) groups is 1. The van der Waals surface area contributed by atoms with Crippen LogP contribution >= 0.6 is 0 Å². The number of hydrogen-bond donors (Lipinski definition) is 0. The number of hydrogen-bond acceptors (Lipinski definition) is 2. The van der Waals surface area contributed by atoms with Crippen molar-refractivity contribution in [1.82, 2.24) is 4.90 Å². The number of nitrogens with zero attached hydrogens (tertiary/aromatic N) is 1. The molecule has 1 fully saturated rings. The third kappa shape index (κ3) is 2.97. The molecule has 1 aromatic carbocycles. The van der Waals surface area contributed by atoms with Crippen molar-refractivity contribution < 1.29 is 18.3 Å². The number of rotatable bonds is 1. The Bertz CT molecular complexity index is 429. The summed E-state index contributed by atoms with van der Waals surface area (Å²) in [6.07, 6.45) is 3.39. The van der Waals surface area contributed by atoms with Gasteiger partial charge in [0.2, 0.25) is 5.82 Å². The Kier molecular flexibility index (Phi) is 4.12. The zero-order chi connectivity index (χ0) is 13.0. The zero-order valence-electron chi connectivity index (χ0n) is 9.99. The van der Waals surface area contributed by atoms with Crippen LogP contribution in [0, 0.1) is 11.6 Å². The van der Waals surface area contributed by atoms with Gasteiger partial charge < -0.3 is 9.64 Å². The van der Waals surface area contributed by atoms with E-state index < -0.39 is 17.7 Å². The molecule has 18 heavy (non-hydrogen) atoms. The molecule has 1 aromatic rings. The first kappa shape index (κ1) is 12.8. The Morgan fingerprint density at radius 1 is 1.11 bits per heavy atom. The van der Waals surface area contributed by atoms with E-state index in [9.17, 15) is 13.6 Å². The van der Waals surface area contributed by atoms with E-state index in [1.807, 2.05) is 0 Å². The minimum absolute atomic E-state index is 0.357. The van der Waals surface area contributed by atoms with Gasteiger partial charge in [-0.15, -0.1) is 0 Å². The third-order valence-corrected chi connectivity index (χ3v) is 2.98. The van der Waals surface area contributed by atoms with Gasteiger partial charge >= 0.3 is 6.09 Å². The van der Waals surface area contributed by atoms with Crippen LogP contribution in [-0.2, 0) is 0 Å². The molecule has 1 aliphatic rings. The molecule has 0 atom stereocenters. The van der Waals surface area contributed by atoms with Crippen LogP contribution in [0.5, 0.6) is 5.75 Å². The third-order valence-electron chi connectivity index (χ3n) is 2.98. The van der Waals surface area contributed by atoms with Crippen molar-refractivity contribution in [3.63, 3.8) is 0 Å². The molecule has 1 heterocycles. The van der Waals surface area contributed by atoms with Gasteiger partial charge in [0, 0.05) is 13.1 Å². The van der Waals surface area contributed by atoms with E-state index in [0.717, 1.165) is 31.7 Å². The molecule has 0 saturated carbocycles. The maximum absolute atomic E-state index is 13.3. The predicted octanol–water partition coefficient (Wildman–Crippen LogP) is 3.34. The van der Waals surface area contributed by atoms with Gasteiger partial charge in [0.25, 0.3) is 0 Å². The van der Waals surface area contributed by atoms with Crippen molar-refractivity contribution in [2.24, 2.45) is 0 Å². The summed E-state index contributed by atoms with van der Waals surface area (Å²) in [7, 11) is 0. The van der Waals surface area contributed by atoms with E-state index in [2.05, 4.69) is 0 Å². The Morgan fingerprint density at radius 3 is 2.44 bits per heavy atom. The molecular formula is C13H15F2NO2. The summed E-state index contributed by atoms with van der Waals surface area (Å²) in [5.41, 5.74) is 0. The Balaban J connectivity index is 2.03. The first-order valence-electron chi connectivity index (χ1n) is 6.09. The van der Waals surface area contributed by atoms with Crippen LogP contribution in [0.3, 0.4) is 0 Å². The van der Waals surface area contributed by atoms with E-state index in [4.69, 9.17) is 4.74 Å². The molecule has 0 bridgehead atoms. The molecule has 5 heteroatoms. The molecule has 1 saturated heterocycles. The van der Waals surface area contributed by atoms with Crippen molar-refractivity contribution in [3.8, 4) is 5.75 Å². The fourth-order valence-electron chi connectivity index (χ4n) is 1.97. The van der Waals surface area contributed by atoms with Crippen LogP contribution in [0.25, 0.3) is 0 Å². The highest BCUT2D eigenvalue weighted by molar-refractivity contribution is 5.70. The van der Waals surface area contributed by atoms with E-state index in [0.29, 0.717) is 13.1 Å². The lowest BCUT2D eigenvalue weighted by atomic mass is 10.2. The first-order valence-corrected chi connectivity index (χ1v) is 6.09. The zero-order valence-corrected chi connectivity index (χ0v) is 9.99. The van der Waals surface area contributed by atoms with Crippen molar-refractivity contribution in [2.45, 2.75) is 25.7 Å². The number of benzene rings is 1. The number of halogens is 2. The molecule has 1 amide bonds. The highest BCUT2D eigenvalue weighted by atomic mass is 19.2. The standard InChI is InChI=1S/C13H15F2NO2/c14-10-6-5-7-11(12(10)15)18-13(17)16-8-3-1-2-4-9-16/h5-7H,1-4,8-9H2. The van der Waals surface area contributed by atoms with Crippen LogP contribution in [0.4, 0.5) is 13.6 Å². The molecule has 0 aromatic heterocycles. The quantitative estimate of drug-likeness (QED) is 0.770. The van der Waals surface area contributed by atoms with E-state index in [1.165, 1.54) is 17.0 Å². The van der Waals surface area contributed by atoms with Crippen molar-refractivity contribution in [1.29, 1.82) is 0 Å². The van der Waals surface area contributed by atoms with Crippen LogP contribution in [0.2, 0.25) is 0 Å². The number of likely N-dealkylation sites (tertiary alicyclic amines) is 1. The van der Waals surface area contributed by atoms with E-state index >= 15 is 0 Å². The second kappa shape index (κ2) is 5.80. The van der Waals surface area contributed by atoms with Crippen LogP contribution in [0.15, 0.2) is 18.2 Å². The molecule has 2 rings (SSSR count). The van der Waals surface area contributed by atoms with Gasteiger partial charge in [0.15, 0.2) is 11.6 Å². The molecular weight excluding hydrogens is 240 g/mol. The predicted molar refractivity (Wildman–Crippen MR) is 62.4 cm³/mol. The Hall–Kier alpha value is -1.65. The van der Waals surface area contributed by atoms with Gasteiger partial charge in [0.1, 0.15) is 0 Å². The lowest BCUT2D eigenvalue weighted by Gasteiger charge is -2.19. The molecule has 98 valence electrons. The maximum Gasteiger partial charge on any atom is 0.415 e. The van der Waals surface area contributed by atoms with Crippen LogP contribution in [-0.4, -0.2) is 24.1 Å². The van der Waals surface area contributed by atoms with Gasteiger partial charge in [-0.1, -0.05) is 18.9 Å². The number of amides is 1. The Morgan fingerprint density at radius 2 is 1.78 bits per heavy atom. The lowest BCUT2D eigenvalue weighted by Crippen LogP contribution is -2.34.